The van der Waals surface area contributed by atoms with E-state index in [4.69, 9.17) is 4.42 Å². The summed E-state index contributed by atoms with van der Waals surface area (Å²) < 4.78 is 6.02. The van der Waals surface area contributed by atoms with Crippen LogP contribution in [-0.4, -0.2) is 16.7 Å². The number of hydrogen-bond donors (Lipinski definition) is 1. The van der Waals surface area contributed by atoms with Crippen LogP contribution < -0.4 is 5.32 Å². The third-order valence-corrected chi connectivity index (χ3v) is 4.84. The Morgan fingerprint density at radius 3 is 2.62 bits per heavy atom. The predicted molar refractivity (Wildman–Crippen MR) is 79.8 cm³/mol. The van der Waals surface area contributed by atoms with Gasteiger partial charge in [0.05, 0.1) is 0 Å². The van der Waals surface area contributed by atoms with Gasteiger partial charge in [0, 0.05) is 5.92 Å². The quantitative estimate of drug-likeness (QED) is 0.915. The molecule has 0 spiro atoms. The zero-order valence-electron chi connectivity index (χ0n) is 12.3. The van der Waals surface area contributed by atoms with Gasteiger partial charge in [-0.05, 0) is 43.2 Å². The van der Waals surface area contributed by atoms with Crippen molar-refractivity contribution in [1.82, 2.24) is 15.5 Å². The molecule has 3 atom stereocenters. The fraction of sp³-hybridized carbons (Fsp3) is 0.529. The summed E-state index contributed by atoms with van der Waals surface area (Å²) in [4.78, 5) is 0. The van der Waals surface area contributed by atoms with Gasteiger partial charge in [-0.15, -0.1) is 10.2 Å². The second-order valence-corrected chi connectivity index (χ2v) is 6.30. The van der Waals surface area contributed by atoms with E-state index in [9.17, 15) is 0 Å². The third-order valence-electron chi connectivity index (χ3n) is 4.84. The monoisotopic (exact) mass is 283 g/mol. The van der Waals surface area contributed by atoms with E-state index < -0.39 is 0 Å². The molecular weight excluding hydrogens is 262 g/mol. The molecule has 1 aromatic carbocycles. The van der Waals surface area contributed by atoms with E-state index in [1.165, 1.54) is 24.8 Å². The summed E-state index contributed by atoms with van der Waals surface area (Å²) in [5.41, 5.74) is 1.17. The van der Waals surface area contributed by atoms with Crippen LogP contribution in [0, 0.1) is 11.8 Å². The minimum absolute atomic E-state index is 0.00612. The summed E-state index contributed by atoms with van der Waals surface area (Å²) in [5.74, 6) is 3.90. The van der Waals surface area contributed by atoms with Crippen LogP contribution in [0.2, 0.25) is 0 Å². The molecule has 2 saturated carbocycles. The van der Waals surface area contributed by atoms with E-state index in [0.717, 1.165) is 24.3 Å². The molecule has 2 aliphatic carbocycles. The van der Waals surface area contributed by atoms with E-state index in [1.54, 1.807) is 0 Å². The van der Waals surface area contributed by atoms with Gasteiger partial charge in [0.1, 0.15) is 6.04 Å². The number of aromatic nitrogens is 2. The second kappa shape index (κ2) is 5.26. The molecule has 0 aliphatic heterocycles. The molecule has 0 amide bonds. The van der Waals surface area contributed by atoms with Crippen molar-refractivity contribution in [3.63, 3.8) is 0 Å². The Kier molecular flexibility index (Phi) is 3.26. The molecule has 0 saturated heterocycles. The summed E-state index contributed by atoms with van der Waals surface area (Å²) in [6.45, 7) is 2.96. The van der Waals surface area contributed by atoms with Gasteiger partial charge in [-0.3, -0.25) is 0 Å². The molecule has 2 aliphatic rings. The van der Waals surface area contributed by atoms with Crippen LogP contribution >= 0.6 is 0 Å². The van der Waals surface area contributed by atoms with Gasteiger partial charge < -0.3 is 9.73 Å². The lowest BCUT2D eigenvalue weighted by Gasteiger charge is -2.14. The highest BCUT2D eigenvalue weighted by molar-refractivity contribution is 5.23. The van der Waals surface area contributed by atoms with Gasteiger partial charge in [0.25, 0.3) is 0 Å². The Morgan fingerprint density at radius 1 is 1.14 bits per heavy atom. The third kappa shape index (κ3) is 2.48. The van der Waals surface area contributed by atoms with Gasteiger partial charge in [-0.25, -0.2) is 0 Å². The smallest absolute Gasteiger partial charge is 0.237 e. The first kappa shape index (κ1) is 13.0. The van der Waals surface area contributed by atoms with Crippen LogP contribution in [0.25, 0.3) is 0 Å². The maximum Gasteiger partial charge on any atom is 0.237 e. The van der Waals surface area contributed by atoms with Crippen molar-refractivity contribution in [2.45, 2.75) is 38.1 Å². The highest BCUT2D eigenvalue weighted by atomic mass is 16.4. The van der Waals surface area contributed by atoms with Gasteiger partial charge in [-0.1, -0.05) is 37.3 Å². The fourth-order valence-corrected chi connectivity index (χ4v) is 3.64. The first-order valence-corrected chi connectivity index (χ1v) is 7.96. The fourth-order valence-electron chi connectivity index (χ4n) is 3.64. The van der Waals surface area contributed by atoms with E-state index in [1.807, 2.05) is 18.2 Å². The van der Waals surface area contributed by atoms with Crippen LogP contribution in [0.1, 0.15) is 55.5 Å². The average molecular weight is 283 g/mol. The molecule has 4 nitrogen and oxygen atoms in total. The van der Waals surface area contributed by atoms with Crippen molar-refractivity contribution in [2.24, 2.45) is 11.8 Å². The molecule has 21 heavy (non-hydrogen) atoms. The lowest BCUT2D eigenvalue weighted by atomic mass is 10.0. The Labute approximate surface area is 125 Å². The Morgan fingerprint density at radius 2 is 1.90 bits per heavy atom. The highest BCUT2D eigenvalue weighted by Gasteiger charge is 2.47. The molecule has 1 aromatic heterocycles. The molecule has 4 rings (SSSR count). The standard InChI is InChI=1S/C17H21N3O/c1-2-18-15(11-6-4-3-5-7-11)17-20-19-16(21-17)14-9-12-8-13(12)10-14/h3-7,12-15,18H,2,8-10H2,1H3. The Bertz CT molecular complexity index is 600. The second-order valence-electron chi connectivity index (χ2n) is 6.30. The number of rotatable bonds is 5. The molecule has 2 fully saturated rings. The highest BCUT2D eigenvalue weighted by Crippen LogP contribution is 2.57. The lowest BCUT2D eigenvalue weighted by Crippen LogP contribution is -2.22. The first-order chi connectivity index (χ1) is 10.3. The molecule has 3 unspecified atom stereocenters. The zero-order valence-corrected chi connectivity index (χ0v) is 12.3. The van der Waals surface area contributed by atoms with Crippen molar-refractivity contribution >= 4 is 0 Å². The molecule has 110 valence electrons. The van der Waals surface area contributed by atoms with Crippen LogP contribution in [0.3, 0.4) is 0 Å². The van der Waals surface area contributed by atoms with Crippen LogP contribution in [0.4, 0.5) is 0 Å². The topological polar surface area (TPSA) is 51.0 Å². The van der Waals surface area contributed by atoms with Crippen LogP contribution in [0.15, 0.2) is 34.7 Å². The predicted octanol–water partition coefficient (Wildman–Crippen LogP) is 3.28. The van der Waals surface area contributed by atoms with Crippen molar-refractivity contribution in [1.29, 1.82) is 0 Å². The molecular formula is C17H21N3O. The van der Waals surface area contributed by atoms with Crippen LogP contribution in [0.5, 0.6) is 0 Å². The Hall–Kier alpha value is -1.68. The SMILES string of the molecule is CCNC(c1ccccc1)c1nnc(C2CC3CC3C2)o1. The largest absolute Gasteiger partial charge is 0.423 e. The van der Waals surface area contributed by atoms with Gasteiger partial charge >= 0.3 is 0 Å². The molecule has 2 aromatic rings. The summed E-state index contributed by atoms with van der Waals surface area (Å²) >= 11 is 0. The van der Waals surface area contributed by atoms with Crippen molar-refractivity contribution in [3.05, 3.63) is 47.7 Å². The number of hydrogen-bond acceptors (Lipinski definition) is 4. The maximum atomic E-state index is 6.02. The first-order valence-electron chi connectivity index (χ1n) is 7.96. The minimum atomic E-state index is -0.00612. The Balaban J connectivity index is 1.57. The molecule has 4 heteroatoms. The number of fused-ring (bicyclic) bond motifs is 1. The number of benzene rings is 1. The van der Waals surface area contributed by atoms with E-state index >= 15 is 0 Å². The van der Waals surface area contributed by atoms with E-state index in [0.29, 0.717) is 11.8 Å². The van der Waals surface area contributed by atoms with Gasteiger partial charge in [-0.2, -0.15) is 0 Å². The number of nitrogens with zero attached hydrogens (tertiary/aromatic N) is 2. The normalized spacial score (nSPS) is 28.3. The summed E-state index contributed by atoms with van der Waals surface area (Å²) in [7, 11) is 0. The molecule has 1 N–H and O–H groups in total. The van der Waals surface area contributed by atoms with Gasteiger partial charge in [0.15, 0.2) is 0 Å². The summed E-state index contributed by atoms with van der Waals surface area (Å²) in [6, 6.07) is 10.3. The summed E-state index contributed by atoms with van der Waals surface area (Å²) in [5, 5.41) is 12.1. The molecule has 0 radical (unpaired) electrons. The van der Waals surface area contributed by atoms with Crippen molar-refractivity contribution in [3.8, 4) is 0 Å². The average Bonchev–Trinajstić information content (AvgIpc) is 2.94. The maximum absolute atomic E-state index is 6.02. The molecule has 0 bridgehead atoms. The van der Waals surface area contributed by atoms with Gasteiger partial charge in [0.2, 0.25) is 11.8 Å². The van der Waals surface area contributed by atoms with Crippen LogP contribution in [-0.2, 0) is 0 Å². The van der Waals surface area contributed by atoms with Crippen molar-refractivity contribution < 1.29 is 4.42 Å². The molecule has 1 heterocycles. The zero-order chi connectivity index (χ0) is 14.2. The lowest BCUT2D eigenvalue weighted by molar-refractivity contribution is 0.378. The summed E-state index contributed by atoms with van der Waals surface area (Å²) in [6.07, 6.45) is 3.90. The minimum Gasteiger partial charge on any atom is -0.423 e. The number of nitrogens with one attached hydrogen (secondary N) is 1. The van der Waals surface area contributed by atoms with E-state index in [2.05, 4.69) is 34.6 Å². The van der Waals surface area contributed by atoms with Crippen molar-refractivity contribution in [2.75, 3.05) is 6.54 Å². The van der Waals surface area contributed by atoms with E-state index in [-0.39, 0.29) is 6.04 Å².